The predicted molar refractivity (Wildman–Crippen MR) is 138 cm³/mol. The number of hydrogen-bond donors (Lipinski definition) is 3. The first kappa shape index (κ1) is 25.6. The SMILES string of the molecule is Cn1c(=O)n(C)c2cc(C(O)COc3ccc(CNCCc4ccc(S(N)(=O)=O)cc4)cc3)ccc21. The number of aryl methyl sites for hydroxylation is 2. The van der Waals surface area contributed by atoms with E-state index in [2.05, 4.69) is 5.32 Å². The Balaban J connectivity index is 1.24. The Kier molecular flexibility index (Phi) is 7.60. The maximum Gasteiger partial charge on any atom is 0.328 e. The predicted octanol–water partition coefficient (Wildman–Crippen LogP) is 1.97. The van der Waals surface area contributed by atoms with Crippen LogP contribution in [0.5, 0.6) is 5.75 Å². The van der Waals surface area contributed by atoms with Crippen LogP contribution in [0, 0.1) is 0 Å². The molecule has 1 unspecified atom stereocenters. The number of nitrogens with one attached hydrogen (secondary N) is 1. The van der Waals surface area contributed by atoms with Gasteiger partial charge in [0.15, 0.2) is 0 Å². The largest absolute Gasteiger partial charge is 0.491 e. The molecule has 0 amide bonds. The van der Waals surface area contributed by atoms with Crippen LogP contribution in [0.15, 0.2) is 76.4 Å². The van der Waals surface area contributed by atoms with Crippen molar-refractivity contribution in [2.75, 3.05) is 13.2 Å². The lowest BCUT2D eigenvalue weighted by atomic mass is 10.1. The van der Waals surface area contributed by atoms with Crippen molar-refractivity contribution in [3.63, 3.8) is 0 Å². The van der Waals surface area contributed by atoms with Crippen LogP contribution < -0.4 is 20.9 Å². The molecular formula is C26H30N4O5S. The van der Waals surface area contributed by atoms with Gasteiger partial charge in [-0.15, -0.1) is 0 Å². The number of nitrogens with two attached hydrogens (primary N) is 1. The highest BCUT2D eigenvalue weighted by molar-refractivity contribution is 7.89. The van der Waals surface area contributed by atoms with Gasteiger partial charge < -0.3 is 15.2 Å². The van der Waals surface area contributed by atoms with Crippen LogP contribution in [0.2, 0.25) is 0 Å². The molecule has 3 aromatic carbocycles. The molecule has 10 heteroatoms. The minimum Gasteiger partial charge on any atom is -0.491 e. The zero-order valence-corrected chi connectivity index (χ0v) is 21.0. The van der Waals surface area contributed by atoms with Crippen molar-refractivity contribution in [2.24, 2.45) is 19.2 Å². The van der Waals surface area contributed by atoms with Crippen molar-refractivity contribution < 1.29 is 18.3 Å². The van der Waals surface area contributed by atoms with Crippen molar-refractivity contribution in [3.05, 3.63) is 93.9 Å². The quantitative estimate of drug-likeness (QED) is 0.280. The molecule has 4 aromatic rings. The Bertz CT molecular complexity index is 1510. The highest BCUT2D eigenvalue weighted by Gasteiger charge is 2.13. The molecule has 1 aromatic heterocycles. The summed E-state index contributed by atoms with van der Waals surface area (Å²) in [5, 5.41) is 19.1. The number of fused-ring (bicyclic) bond motifs is 1. The molecule has 36 heavy (non-hydrogen) atoms. The minimum atomic E-state index is -3.67. The van der Waals surface area contributed by atoms with Crippen molar-refractivity contribution in [3.8, 4) is 5.75 Å². The molecule has 0 fully saturated rings. The fraction of sp³-hybridized carbons (Fsp3) is 0.269. The van der Waals surface area contributed by atoms with Crippen LogP contribution in [-0.4, -0.2) is 35.8 Å². The van der Waals surface area contributed by atoms with Crippen LogP contribution in [0.1, 0.15) is 22.8 Å². The number of ether oxygens (including phenoxy) is 1. The second-order valence-electron chi connectivity index (χ2n) is 8.74. The van der Waals surface area contributed by atoms with Gasteiger partial charge in [0, 0.05) is 20.6 Å². The third-order valence-electron chi connectivity index (χ3n) is 6.18. The Morgan fingerprint density at radius 3 is 2.25 bits per heavy atom. The van der Waals surface area contributed by atoms with Crippen molar-refractivity contribution >= 4 is 21.1 Å². The van der Waals surface area contributed by atoms with E-state index in [4.69, 9.17) is 9.88 Å². The standard InChI is InChI=1S/C26H30N4O5S/c1-29-23-12-7-20(15-24(23)30(2)26(29)32)25(31)17-35-21-8-3-19(4-9-21)16-28-14-13-18-5-10-22(11-6-18)36(27,33)34/h3-12,15,25,28,31H,13-14,16-17H2,1-2H3,(H2,27,33,34). The Labute approximate surface area is 209 Å². The molecule has 0 aliphatic rings. The Morgan fingerprint density at radius 2 is 1.58 bits per heavy atom. The Morgan fingerprint density at radius 1 is 0.944 bits per heavy atom. The van der Waals surface area contributed by atoms with Gasteiger partial charge in [-0.05, 0) is 66.1 Å². The smallest absolute Gasteiger partial charge is 0.328 e. The fourth-order valence-corrected chi connectivity index (χ4v) is 4.53. The summed E-state index contributed by atoms with van der Waals surface area (Å²) in [5.74, 6) is 0.654. The van der Waals surface area contributed by atoms with E-state index in [0.29, 0.717) is 17.9 Å². The van der Waals surface area contributed by atoms with Gasteiger partial charge in [0.2, 0.25) is 10.0 Å². The number of rotatable bonds is 10. The summed E-state index contributed by atoms with van der Waals surface area (Å²) in [4.78, 5) is 12.2. The van der Waals surface area contributed by atoms with Crippen LogP contribution >= 0.6 is 0 Å². The van der Waals surface area contributed by atoms with E-state index in [1.165, 1.54) is 12.1 Å². The highest BCUT2D eigenvalue weighted by atomic mass is 32.2. The van der Waals surface area contributed by atoms with Gasteiger partial charge in [-0.1, -0.05) is 30.3 Å². The molecule has 0 bridgehead atoms. The minimum absolute atomic E-state index is 0.0914. The summed E-state index contributed by atoms with van der Waals surface area (Å²) in [6, 6.07) is 19.7. The number of hydrogen-bond acceptors (Lipinski definition) is 6. The van der Waals surface area contributed by atoms with Crippen LogP contribution in [0.25, 0.3) is 11.0 Å². The molecule has 0 aliphatic carbocycles. The lowest BCUT2D eigenvalue weighted by Gasteiger charge is -2.14. The summed E-state index contributed by atoms with van der Waals surface area (Å²) in [6.07, 6.45) is -0.0718. The van der Waals surface area contributed by atoms with Crippen molar-refractivity contribution in [1.82, 2.24) is 14.5 Å². The topological polar surface area (TPSA) is 129 Å². The lowest BCUT2D eigenvalue weighted by molar-refractivity contribution is 0.108. The lowest BCUT2D eigenvalue weighted by Crippen LogP contribution is -2.19. The monoisotopic (exact) mass is 510 g/mol. The summed E-state index contributed by atoms with van der Waals surface area (Å²) in [7, 11) is -0.237. The molecule has 1 atom stereocenters. The molecular weight excluding hydrogens is 480 g/mol. The van der Waals surface area contributed by atoms with Gasteiger partial charge in [0.25, 0.3) is 0 Å². The number of nitrogens with zero attached hydrogens (tertiary/aromatic N) is 2. The van der Waals surface area contributed by atoms with E-state index in [9.17, 15) is 18.3 Å². The molecule has 0 saturated carbocycles. The molecule has 1 heterocycles. The Hall–Kier alpha value is -3.44. The molecule has 0 aliphatic heterocycles. The molecule has 190 valence electrons. The summed E-state index contributed by atoms with van der Waals surface area (Å²) in [6.45, 7) is 1.50. The van der Waals surface area contributed by atoms with Crippen LogP contribution in [-0.2, 0) is 37.1 Å². The first-order valence-corrected chi connectivity index (χ1v) is 13.1. The average Bonchev–Trinajstić information content (AvgIpc) is 3.09. The molecule has 0 spiro atoms. The molecule has 4 rings (SSSR count). The molecule has 4 N–H and O–H groups in total. The number of sulfonamides is 1. The number of aliphatic hydroxyl groups excluding tert-OH is 1. The van der Waals surface area contributed by atoms with E-state index in [-0.39, 0.29) is 17.2 Å². The van der Waals surface area contributed by atoms with Crippen LogP contribution in [0.4, 0.5) is 0 Å². The van der Waals surface area contributed by atoms with Crippen molar-refractivity contribution in [1.29, 1.82) is 0 Å². The van der Waals surface area contributed by atoms with Gasteiger partial charge in [-0.25, -0.2) is 18.4 Å². The van der Waals surface area contributed by atoms with Crippen LogP contribution in [0.3, 0.4) is 0 Å². The molecule has 0 radical (unpaired) electrons. The number of imidazole rings is 1. The number of aliphatic hydroxyl groups is 1. The highest BCUT2D eigenvalue weighted by Crippen LogP contribution is 2.21. The van der Waals surface area contributed by atoms with Gasteiger partial charge in [-0.3, -0.25) is 9.13 Å². The maximum atomic E-state index is 12.1. The van der Waals surface area contributed by atoms with Gasteiger partial charge >= 0.3 is 5.69 Å². The second-order valence-corrected chi connectivity index (χ2v) is 10.3. The van der Waals surface area contributed by atoms with Crippen molar-refractivity contribution in [2.45, 2.75) is 24.0 Å². The third-order valence-corrected chi connectivity index (χ3v) is 7.11. The van der Waals surface area contributed by atoms with E-state index < -0.39 is 16.1 Å². The average molecular weight is 511 g/mol. The van der Waals surface area contributed by atoms with E-state index in [0.717, 1.165) is 35.1 Å². The number of primary sulfonamides is 1. The first-order valence-electron chi connectivity index (χ1n) is 11.5. The molecule has 0 saturated heterocycles. The zero-order valence-electron chi connectivity index (χ0n) is 20.2. The van der Waals surface area contributed by atoms with E-state index in [1.54, 1.807) is 41.4 Å². The van der Waals surface area contributed by atoms with Gasteiger partial charge in [0.1, 0.15) is 18.5 Å². The summed E-state index contributed by atoms with van der Waals surface area (Å²) in [5.41, 5.74) is 4.25. The summed E-state index contributed by atoms with van der Waals surface area (Å²) < 4.78 is 31.5. The van der Waals surface area contributed by atoms with E-state index in [1.807, 2.05) is 36.4 Å². The van der Waals surface area contributed by atoms with E-state index >= 15 is 0 Å². The number of benzene rings is 3. The van der Waals surface area contributed by atoms with Gasteiger partial charge in [0.05, 0.1) is 15.9 Å². The third kappa shape index (κ3) is 5.85. The fourth-order valence-electron chi connectivity index (χ4n) is 4.02. The molecule has 9 nitrogen and oxygen atoms in total. The second kappa shape index (κ2) is 10.7. The number of aromatic nitrogens is 2. The first-order chi connectivity index (χ1) is 17.1. The van der Waals surface area contributed by atoms with Gasteiger partial charge in [-0.2, -0.15) is 0 Å². The summed E-state index contributed by atoms with van der Waals surface area (Å²) >= 11 is 0. The zero-order chi connectivity index (χ0) is 25.9. The maximum absolute atomic E-state index is 12.1. The normalized spacial score (nSPS) is 12.7.